The van der Waals surface area contributed by atoms with Gasteiger partial charge in [-0.15, -0.1) is 0 Å². The third-order valence-electron chi connectivity index (χ3n) is 3.37. The highest BCUT2D eigenvalue weighted by Gasteiger charge is 2.34. The van der Waals surface area contributed by atoms with Crippen molar-refractivity contribution in [3.05, 3.63) is 35.9 Å². The zero-order valence-corrected chi connectivity index (χ0v) is 11.0. The van der Waals surface area contributed by atoms with E-state index in [1.165, 1.54) is 4.90 Å². The van der Waals surface area contributed by atoms with Crippen molar-refractivity contribution in [1.82, 2.24) is 10.2 Å². The molecule has 110 valence electrons. The molecule has 2 rings (SSSR count). The number of amides is 1. The topological polar surface area (TPSA) is 32.3 Å². The molecule has 0 bridgehead atoms. The third-order valence-corrected chi connectivity index (χ3v) is 3.37. The lowest BCUT2D eigenvalue weighted by atomic mass is 10.1. The van der Waals surface area contributed by atoms with Gasteiger partial charge in [0, 0.05) is 6.54 Å². The van der Waals surface area contributed by atoms with Gasteiger partial charge in [0.15, 0.2) is 0 Å². The van der Waals surface area contributed by atoms with Crippen LogP contribution < -0.4 is 5.32 Å². The highest BCUT2D eigenvalue weighted by molar-refractivity contribution is 5.83. The zero-order chi connectivity index (χ0) is 14.6. The minimum Gasteiger partial charge on any atom is -0.328 e. The van der Waals surface area contributed by atoms with Gasteiger partial charge in [-0.25, -0.2) is 0 Å². The van der Waals surface area contributed by atoms with E-state index in [0.717, 1.165) is 12.0 Å². The van der Waals surface area contributed by atoms with Gasteiger partial charge < -0.3 is 4.90 Å². The zero-order valence-electron chi connectivity index (χ0n) is 11.0. The maximum atomic E-state index is 12.1. The van der Waals surface area contributed by atoms with E-state index in [1.54, 1.807) is 0 Å². The van der Waals surface area contributed by atoms with Crippen LogP contribution in [-0.4, -0.2) is 36.2 Å². The minimum atomic E-state index is -4.22. The Morgan fingerprint density at radius 1 is 1.25 bits per heavy atom. The van der Waals surface area contributed by atoms with Crippen molar-refractivity contribution in [1.29, 1.82) is 0 Å². The average Bonchev–Trinajstić information content (AvgIpc) is 2.75. The number of benzene rings is 1. The van der Waals surface area contributed by atoms with Gasteiger partial charge in [-0.1, -0.05) is 30.3 Å². The van der Waals surface area contributed by atoms with Crippen molar-refractivity contribution in [2.45, 2.75) is 31.5 Å². The largest absolute Gasteiger partial charge is 0.390 e. The lowest BCUT2D eigenvalue weighted by Crippen LogP contribution is -2.33. The summed E-state index contributed by atoms with van der Waals surface area (Å²) in [5.41, 5.74) is 1.12. The molecule has 0 radical (unpaired) electrons. The lowest BCUT2D eigenvalue weighted by molar-refractivity contribution is -0.143. The molecular weight excluding hydrogens is 269 g/mol. The number of halogens is 3. The molecule has 0 saturated carbocycles. The first-order valence-corrected chi connectivity index (χ1v) is 6.58. The number of hydrogen-bond donors (Lipinski definition) is 1. The molecule has 1 aliphatic rings. The first-order chi connectivity index (χ1) is 9.46. The van der Waals surface area contributed by atoms with Crippen molar-refractivity contribution in [3.63, 3.8) is 0 Å². The number of aryl methyl sites for hydroxylation is 1. The molecule has 0 aromatic heterocycles. The fourth-order valence-electron chi connectivity index (χ4n) is 2.24. The number of nitrogens with zero attached hydrogens (tertiary/aromatic N) is 1. The molecule has 1 N–H and O–H groups in total. The van der Waals surface area contributed by atoms with Gasteiger partial charge in [0.2, 0.25) is 5.91 Å². The van der Waals surface area contributed by atoms with E-state index in [-0.39, 0.29) is 25.2 Å². The summed E-state index contributed by atoms with van der Waals surface area (Å²) in [4.78, 5) is 13.2. The van der Waals surface area contributed by atoms with Crippen LogP contribution in [0.25, 0.3) is 0 Å². The number of hydrogen-bond acceptors (Lipinski definition) is 2. The molecule has 3 nitrogen and oxygen atoms in total. The quantitative estimate of drug-likeness (QED) is 0.901. The molecule has 1 aromatic carbocycles. The highest BCUT2D eigenvalue weighted by atomic mass is 19.4. The van der Waals surface area contributed by atoms with Crippen LogP contribution in [0.4, 0.5) is 13.2 Å². The Bertz CT molecular complexity index is 447. The molecule has 0 aliphatic carbocycles. The lowest BCUT2D eigenvalue weighted by Gasteiger charge is -2.16. The first-order valence-electron chi connectivity index (χ1n) is 6.58. The number of carbonyl (C=O) groups is 1. The van der Waals surface area contributed by atoms with Crippen molar-refractivity contribution in [2.75, 3.05) is 13.2 Å². The van der Waals surface area contributed by atoms with Crippen molar-refractivity contribution in [3.8, 4) is 0 Å². The van der Waals surface area contributed by atoms with Crippen LogP contribution in [0, 0.1) is 0 Å². The molecule has 1 aliphatic heterocycles. The number of carbonyl (C=O) groups excluding carboxylic acids is 1. The molecule has 1 saturated heterocycles. The minimum absolute atomic E-state index is 0.203. The van der Waals surface area contributed by atoms with Crippen LogP contribution >= 0.6 is 0 Å². The molecule has 0 spiro atoms. The molecule has 1 fully saturated rings. The molecule has 1 heterocycles. The van der Waals surface area contributed by atoms with Crippen LogP contribution in [-0.2, 0) is 11.2 Å². The molecular formula is C14H17F3N2O. The summed E-state index contributed by atoms with van der Waals surface area (Å²) in [5, 5.41) is 2.97. The maximum absolute atomic E-state index is 12.1. The van der Waals surface area contributed by atoms with Gasteiger partial charge in [0.25, 0.3) is 0 Å². The predicted molar refractivity (Wildman–Crippen MR) is 68.9 cm³/mol. The fourth-order valence-corrected chi connectivity index (χ4v) is 2.24. The maximum Gasteiger partial charge on any atom is 0.390 e. The van der Waals surface area contributed by atoms with E-state index in [2.05, 4.69) is 5.32 Å². The molecule has 1 atom stereocenters. The first kappa shape index (κ1) is 14.8. The number of nitrogens with one attached hydrogen (secondary N) is 1. The summed E-state index contributed by atoms with van der Waals surface area (Å²) in [6.07, 6.45) is -3.84. The second kappa shape index (κ2) is 6.26. The Balaban J connectivity index is 1.79. The second-order valence-electron chi connectivity index (χ2n) is 4.91. The van der Waals surface area contributed by atoms with Crippen molar-refractivity contribution >= 4 is 5.91 Å². The van der Waals surface area contributed by atoms with Gasteiger partial charge in [0.05, 0.1) is 19.1 Å². The van der Waals surface area contributed by atoms with E-state index in [0.29, 0.717) is 6.42 Å². The van der Waals surface area contributed by atoms with Gasteiger partial charge in [-0.2, -0.15) is 13.2 Å². The van der Waals surface area contributed by atoms with E-state index >= 15 is 0 Å². The van der Waals surface area contributed by atoms with Crippen molar-refractivity contribution < 1.29 is 18.0 Å². The normalized spacial score (nSPS) is 19.6. The van der Waals surface area contributed by atoms with Crippen LogP contribution in [0.5, 0.6) is 0 Å². The molecule has 6 heteroatoms. The standard InChI is InChI=1S/C14H17F3N2O/c15-14(16,17)8-9-19-10-18-12(13(19)20)7-6-11-4-2-1-3-5-11/h1-5,12,18H,6-10H2. The van der Waals surface area contributed by atoms with Gasteiger partial charge in [0.1, 0.15) is 0 Å². The van der Waals surface area contributed by atoms with Crippen LogP contribution in [0.15, 0.2) is 30.3 Å². The Hall–Kier alpha value is -1.56. The fraction of sp³-hybridized carbons (Fsp3) is 0.500. The molecule has 1 amide bonds. The third kappa shape index (κ3) is 4.23. The summed E-state index contributed by atoms with van der Waals surface area (Å²) in [7, 11) is 0. The Morgan fingerprint density at radius 2 is 1.95 bits per heavy atom. The molecule has 20 heavy (non-hydrogen) atoms. The van der Waals surface area contributed by atoms with Crippen molar-refractivity contribution in [2.24, 2.45) is 0 Å². The van der Waals surface area contributed by atoms with E-state index in [1.807, 2.05) is 30.3 Å². The van der Waals surface area contributed by atoms with Crippen LogP contribution in [0.1, 0.15) is 18.4 Å². The molecule has 1 aromatic rings. The summed E-state index contributed by atoms with van der Waals surface area (Å²) >= 11 is 0. The van der Waals surface area contributed by atoms with E-state index < -0.39 is 12.6 Å². The van der Waals surface area contributed by atoms with E-state index in [4.69, 9.17) is 0 Å². The van der Waals surface area contributed by atoms with Crippen LogP contribution in [0.2, 0.25) is 0 Å². The average molecular weight is 286 g/mol. The summed E-state index contributed by atoms with van der Waals surface area (Å²) in [6, 6.07) is 9.34. The Morgan fingerprint density at radius 3 is 2.60 bits per heavy atom. The van der Waals surface area contributed by atoms with Gasteiger partial charge >= 0.3 is 6.18 Å². The van der Waals surface area contributed by atoms with E-state index in [9.17, 15) is 18.0 Å². The highest BCUT2D eigenvalue weighted by Crippen LogP contribution is 2.21. The SMILES string of the molecule is O=C1C(CCc2ccccc2)NCN1CCC(F)(F)F. The van der Waals surface area contributed by atoms with Gasteiger partial charge in [-0.05, 0) is 18.4 Å². The molecule has 1 unspecified atom stereocenters. The second-order valence-corrected chi connectivity index (χ2v) is 4.91. The number of rotatable bonds is 5. The monoisotopic (exact) mass is 286 g/mol. The number of alkyl halides is 3. The summed E-state index contributed by atoms with van der Waals surface area (Å²) < 4.78 is 36.4. The van der Waals surface area contributed by atoms with Crippen LogP contribution in [0.3, 0.4) is 0 Å². The van der Waals surface area contributed by atoms with Gasteiger partial charge in [-0.3, -0.25) is 10.1 Å². The smallest absolute Gasteiger partial charge is 0.328 e. The Labute approximate surface area is 115 Å². The predicted octanol–water partition coefficient (Wildman–Crippen LogP) is 2.33. The Kier molecular flexibility index (Phi) is 4.65. The summed E-state index contributed by atoms with van der Waals surface area (Å²) in [6.45, 7) is -0.0639. The summed E-state index contributed by atoms with van der Waals surface area (Å²) in [5.74, 6) is -0.231.